The molecule has 1 aliphatic carbocycles. The molecule has 0 heterocycles. The molecular weight excluding hydrogens is 380 g/mol. The molecule has 29 heavy (non-hydrogen) atoms. The van der Waals surface area contributed by atoms with Crippen LogP contribution in [0.2, 0.25) is 19.6 Å². The highest BCUT2D eigenvalue weighted by atomic mass is 28.4. The number of methoxy groups -OCH3 is 1. The van der Waals surface area contributed by atoms with Crippen LogP contribution in [0.5, 0.6) is 0 Å². The summed E-state index contributed by atoms with van der Waals surface area (Å²) < 4.78 is 11.2. The predicted octanol–water partition coefficient (Wildman–Crippen LogP) is 6.23. The summed E-state index contributed by atoms with van der Waals surface area (Å²) in [6.07, 6.45) is 17.9. The van der Waals surface area contributed by atoms with Crippen molar-refractivity contribution >= 4 is 20.1 Å². The van der Waals surface area contributed by atoms with Gasteiger partial charge in [0.2, 0.25) is 0 Å². The van der Waals surface area contributed by atoms with E-state index in [2.05, 4.69) is 49.5 Å². The molecule has 0 spiro atoms. The van der Waals surface area contributed by atoms with Crippen LogP contribution >= 0.6 is 0 Å². The van der Waals surface area contributed by atoms with Crippen molar-refractivity contribution < 1.29 is 18.8 Å². The van der Waals surface area contributed by atoms with Crippen molar-refractivity contribution in [3.63, 3.8) is 0 Å². The van der Waals surface area contributed by atoms with Gasteiger partial charge in [-0.05, 0) is 76.1 Å². The first-order valence-corrected chi connectivity index (χ1v) is 14.8. The van der Waals surface area contributed by atoms with Gasteiger partial charge in [0.05, 0.1) is 7.11 Å². The second-order valence-corrected chi connectivity index (χ2v) is 13.6. The van der Waals surface area contributed by atoms with Gasteiger partial charge >= 0.3 is 5.97 Å². The van der Waals surface area contributed by atoms with E-state index in [1.165, 1.54) is 7.11 Å². The number of unbranched alkanes of at least 4 members (excludes halogenated alkanes) is 3. The van der Waals surface area contributed by atoms with E-state index in [1.807, 2.05) is 6.08 Å². The van der Waals surface area contributed by atoms with E-state index >= 15 is 0 Å². The lowest BCUT2D eigenvalue weighted by atomic mass is 9.90. The lowest BCUT2D eigenvalue weighted by Gasteiger charge is -2.29. The summed E-state index contributed by atoms with van der Waals surface area (Å²) in [5, 5.41) is 0. The fourth-order valence-corrected chi connectivity index (χ4v) is 5.13. The lowest BCUT2D eigenvalue weighted by Crippen LogP contribution is -2.34. The Morgan fingerprint density at radius 1 is 1.03 bits per heavy atom. The summed E-state index contributed by atoms with van der Waals surface area (Å²) in [4.78, 5) is 23.3. The summed E-state index contributed by atoms with van der Waals surface area (Å²) in [5.74, 6) is 0.946. The normalized spacial score (nSPS) is 22.6. The van der Waals surface area contributed by atoms with Gasteiger partial charge in [-0.15, -0.1) is 0 Å². The molecule has 0 aromatic carbocycles. The van der Waals surface area contributed by atoms with Gasteiger partial charge in [-0.3, -0.25) is 9.59 Å². The van der Waals surface area contributed by atoms with Crippen molar-refractivity contribution in [3.05, 3.63) is 24.3 Å². The minimum absolute atomic E-state index is 0.147. The first-order chi connectivity index (χ1) is 13.8. The molecule has 1 aliphatic rings. The monoisotopic (exact) mass is 422 g/mol. The Bertz CT molecular complexity index is 548. The maximum Gasteiger partial charge on any atom is 0.305 e. The Balaban J connectivity index is 2.61. The van der Waals surface area contributed by atoms with Crippen LogP contribution in [0.25, 0.3) is 0 Å². The van der Waals surface area contributed by atoms with E-state index < -0.39 is 8.32 Å². The van der Waals surface area contributed by atoms with Crippen molar-refractivity contribution in [3.8, 4) is 0 Å². The fraction of sp³-hybridized carbons (Fsp3) is 0.750. The van der Waals surface area contributed by atoms with E-state index in [4.69, 9.17) is 4.43 Å². The smallest absolute Gasteiger partial charge is 0.305 e. The molecule has 0 aliphatic heterocycles. The van der Waals surface area contributed by atoms with Crippen molar-refractivity contribution in [2.75, 3.05) is 7.11 Å². The molecule has 3 unspecified atom stereocenters. The summed E-state index contributed by atoms with van der Waals surface area (Å²) in [7, 11) is -0.174. The number of esters is 1. The first-order valence-electron chi connectivity index (χ1n) is 11.4. The minimum Gasteiger partial charge on any atom is -0.469 e. The van der Waals surface area contributed by atoms with Gasteiger partial charge in [0.25, 0.3) is 0 Å². The number of ketones is 1. The van der Waals surface area contributed by atoms with Gasteiger partial charge in [0.1, 0.15) is 0 Å². The number of allylic oxidation sites excluding steroid dienone is 4. The fourth-order valence-electron chi connectivity index (χ4n) is 3.93. The third-order valence-electron chi connectivity index (χ3n) is 5.43. The largest absolute Gasteiger partial charge is 0.469 e. The Hall–Kier alpha value is -1.20. The summed E-state index contributed by atoms with van der Waals surface area (Å²) in [6, 6.07) is 0. The van der Waals surface area contributed by atoms with Crippen LogP contribution in [0.4, 0.5) is 0 Å². The van der Waals surface area contributed by atoms with Crippen molar-refractivity contribution in [2.45, 2.75) is 96.9 Å². The van der Waals surface area contributed by atoms with Gasteiger partial charge in [0.15, 0.2) is 14.1 Å². The van der Waals surface area contributed by atoms with Crippen molar-refractivity contribution in [1.29, 1.82) is 0 Å². The number of carbonyl (C=O) groups is 2. The molecule has 0 saturated heterocycles. The summed E-state index contributed by atoms with van der Waals surface area (Å²) >= 11 is 0. The van der Waals surface area contributed by atoms with Gasteiger partial charge in [-0.2, -0.15) is 0 Å². The Morgan fingerprint density at radius 2 is 1.79 bits per heavy atom. The molecule has 3 atom stereocenters. The molecular formula is C24H42O4Si. The van der Waals surface area contributed by atoms with Gasteiger partial charge in [-0.1, -0.05) is 38.0 Å². The molecule has 0 amide bonds. The molecule has 1 fully saturated rings. The summed E-state index contributed by atoms with van der Waals surface area (Å²) in [6.45, 7) is 8.89. The van der Waals surface area contributed by atoms with Gasteiger partial charge < -0.3 is 9.16 Å². The molecule has 166 valence electrons. The van der Waals surface area contributed by atoms with E-state index in [0.29, 0.717) is 24.7 Å². The van der Waals surface area contributed by atoms with Crippen LogP contribution < -0.4 is 0 Å². The number of rotatable bonds is 14. The van der Waals surface area contributed by atoms with E-state index in [-0.39, 0.29) is 17.9 Å². The highest BCUT2D eigenvalue weighted by Gasteiger charge is 2.37. The van der Waals surface area contributed by atoms with Crippen molar-refractivity contribution in [1.82, 2.24) is 0 Å². The third kappa shape index (κ3) is 11.5. The SMILES string of the molecule is CCCCCC(=O)/C=C/C1CCC(O[Si](C)(C)C)C1C/C=C/CCCC(=O)OC. The molecule has 0 N–H and O–H groups in total. The van der Waals surface area contributed by atoms with Gasteiger partial charge in [-0.25, -0.2) is 0 Å². The molecule has 4 nitrogen and oxygen atoms in total. The molecule has 0 aromatic rings. The molecule has 0 aromatic heterocycles. The second-order valence-electron chi connectivity index (χ2n) is 9.13. The van der Waals surface area contributed by atoms with Crippen LogP contribution in [0, 0.1) is 11.8 Å². The summed E-state index contributed by atoms with van der Waals surface area (Å²) in [5.41, 5.74) is 0. The average molecular weight is 423 g/mol. The van der Waals surface area contributed by atoms with E-state index in [0.717, 1.165) is 51.4 Å². The van der Waals surface area contributed by atoms with Crippen molar-refractivity contribution in [2.24, 2.45) is 11.8 Å². The van der Waals surface area contributed by atoms with E-state index in [9.17, 15) is 9.59 Å². The lowest BCUT2D eigenvalue weighted by molar-refractivity contribution is -0.140. The zero-order valence-corrected chi connectivity index (χ0v) is 20.2. The predicted molar refractivity (Wildman–Crippen MR) is 122 cm³/mol. The number of hydrogen-bond acceptors (Lipinski definition) is 4. The zero-order valence-electron chi connectivity index (χ0n) is 19.2. The molecule has 1 rings (SSSR count). The van der Waals surface area contributed by atoms with Crippen LogP contribution in [0.1, 0.15) is 71.1 Å². The molecule has 0 bridgehead atoms. The maximum atomic E-state index is 12.1. The minimum atomic E-state index is -1.60. The average Bonchev–Trinajstić information content (AvgIpc) is 3.02. The Morgan fingerprint density at radius 3 is 2.45 bits per heavy atom. The maximum absolute atomic E-state index is 12.1. The Labute approximate surface area is 179 Å². The van der Waals surface area contributed by atoms with Crippen LogP contribution in [-0.4, -0.2) is 33.3 Å². The standard InChI is InChI=1S/C24H42O4Si/c1-6-7-10-13-21(25)18-16-20-17-19-23(28-29(3,4)5)22(20)14-11-8-9-12-15-24(26)27-2/h8,11,16,18,20,22-23H,6-7,9-10,12-15,17,19H2,1-5H3/b11-8+,18-16+. The first kappa shape index (κ1) is 25.8. The molecule has 0 radical (unpaired) electrons. The molecule has 5 heteroatoms. The zero-order chi connectivity index (χ0) is 21.7. The number of hydrogen-bond donors (Lipinski definition) is 0. The third-order valence-corrected chi connectivity index (χ3v) is 6.44. The number of ether oxygens (including phenoxy) is 1. The second kappa shape index (κ2) is 13.9. The van der Waals surface area contributed by atoms with Crippen LogP contribution in [-0.2, 0) is 18.8 Å². The number of carbonyl (C=O) groups excluding carboxylic acids is 2. The van der Waals surface area contributed by atoms with Crippen LogP contribution in [0.3, 0.4) is 0 Å². The topological polar surface area (TPSA) is 52.6 Å². The van der Waals surface area contributed by atoms with Crippen LogP contribution in [0.15, 0.2) is 24.3 Å². The van der Waals surface area contributed by atoms with E-state index in [1.54, 1.807) is 0 Å². The van der Waals surface area contributed by atoms with Gasteiger partial charge in [0, 0.05) is 18.9 Å². The highest BCUT2D eigenvalue weighted by molar-refractivity contribution is 6.69. The highest BCUT2D eigenvalue weighted by Crippen LogP contribution is 2.39. The molecule has 1 saturated carbocycles. The quantitative estimate of drug-likeness (QED) is 0.109. The Kier molecular flexibility index (Phi) is 12.4.